The summed E-state index contributed by atoms with van der Waals surface area (Å²) in [7, 11) is 1.64. The second-order valence-electron chi connectivity index (χ2n) is 4.35. The second-order valence-corrected chi connectivity index (χ2v) is 4.35. The first-order valence-electron chi connectivity index (χ1n) is 5.97. The van der Waals surface area contributed by atoms with Crippen molar-refractivity contribution in [1.82, 2.24) is 10.2 Å². The molecule has 1 aromatic rings. The van der Waals surface area contributed by atoms with E-state index in [-0.39, 0.29) is 18.7 Å². The van der Waals surface area contributed by atoms with Gasteiger partial charge in [-0.15, -0.1) is 0 Å². The van der Waals surface area contributed by atoms with Crippen molar-refractivity contribution >= 4 is 6.03 Å². The molecule has 0 saturated carbocycles. The van der Waals surface area contributed by atoms with Gasteiger partial charge in [0, 0.05) is 13.1 Å². The predicted octanol–water partition coefficient (Wildman–Crippen LogP) is 1.06. The van der Waals surface area contributed by atoms with Crippen LogP contribution in [-0.4, -0.2) is 42.8 Å². The van der Waals surface area contributed by atoms with Crippen LogP contribution in [0.25, 0.3) is 0 Å². The Balaban J connectivity index is 2.25. The Hall–Kier alpha value is -1.75. The number of aliphatic hydroxyl groups is 1. The Morgan fingerprint density at radius 1 is 1.56 bits per heavy atom. The van der Waals surface area contributed by atoms with Crippen molar-refractivity contribution in [2.75, 3.05) is 26.8 Å². The highest BCUT2D eigenvalue weighted by atomic mass is 16.5. The fourth-order valence-electron chi connectivity index (χ4n) is 2.31. The molecule has 1 saturated heterocycles. The molecule has 5 heteroatoms. The number of carbonyl (C=O) groups is 1. The van der Waals surface area contributed by atoms with Gasteiger partial charge >= 0.3 is 6.03 Å². The summed E-state index contributed by atoms with van der Waals surface area (Å²) in [5, 5.41) is 11.8. The summed E-state index contributed by atoms with van der Waals surface area (Å²) >= 11 is 0. The van der Waals surface area contributed by atoms with Gasteiger partial charge in [0.15, 0.2) is 0 Å². The highest BCUT2D eigenvalue weighted by Crippen LogP contribution is 2.28. The van der Waals surface area contributed by atoms with E-state index in [1.807, 2.05) is 25.1 Å². The van der Waals surface area contributed by atoms with E-state index in [2.05, 4.69) is 5.32 Å². The van der Waals surface area contributed by atoms with E-state index in [1.54, 1.807) is 12.0 Å². The number of urea groups is 1. The van der Waals surface area contributed by atoms with Gasteiger partial charge in [0.2, 0.25) is 0 Å². The number of benzene rings is 1. The molecule has 1 heterocycles. The van der Waals surface area contributed by atoms with Gasteiger partial charge in [0.05, 0.1) is 19.8 Å². The van der Waals surface area contributed by atoms with E-state index < -0.39 is 0 Å². The number of β-amino-alcohol motifs (C(OH)–C–C–N with tert-alkyl or cyclic N) is 1. The number of aliphatic hydroxyl groups excluding tert-OH is 1. The molecule has 18 heavy (non-hydrogen) atoms. The van der Waals surface area contributed by atoms with Gasteiger partial charge < -0.3 is 20.1 Å². The maximum absolute atomic E-state index is 11.6. The van der Waals surface area contributed by atoms with Crippen molar-refractivity contribution in [2.45, 2.75) is 13.0 Å². The Kier molecular flexibility index (Phi) is 3.72. The first-order chi connectivity index (χ1) is 8.67. The van der Waals surface area contributed by atoms with Crippen LogP contribution in [-0.2, 0) is 0 Å². The van der Waals surface area contributed by atoms with Gasteiger partial charge in [0.1, 0.15) is 5.75 Å². The SMILES string of the molecule is COc1ccc(C2CNC(=O)N2CCO)cc1C. The minimum absolute atomic E-state index is 0.0192. The minimum atomic E-state index is -0.123. The van der Waals surface area contributed by atoms with Crippen LogP contribution in [0.1, 0.15) is 17.2 Å². The highest BCUT2D eigenvalue weighted by Gasteiger charge is 2.31. The number of methoxy groups -OCH3 is 1. The van der Waals surface area contributed by atoms with Gasteiger partial charge in [-0.25, -0.2) is 4.79 Å². The lowest BCUT2D eigenvalue weighted by Crippen LogP contribution is -2.32. The van der Waals surface area contributed by atoms with Crippen molar-refractivity contribution < 1.29 is 14.6 Å². The zero-order valence-electron chi connectivity index (χ0n) is 10.6. The van der Waals surface area contributed by atoms with E-state index in [4.69, 9.17) is 9.84 Å². The number of amides is 2. The topological polar surface area (TPSA) is 61.8 Å². The fourth-order valence-corrected chi connectivity index (χ4v) is 2.31. The summed E-state index contributed by atoms with van der Waals surface area (Å²) in [5.74, 6) is 0.838. The normalized spacial score (nSPS) is 18.9. The third kappa shape index (κ3) is 2.26. The number of ether oxygens (including phenoxy) is 1. The summed E-state index contributed by atoms with van der Waals surface area (Å²) in [4.78, 5) is 13.3. The van der Waals surface area contributed by atoms with Gasteiger partial charge in [-0.1, -0.05) is 12.1 Å². The monoisotopic (exact) mass is 250 g/mol. The summed E-state index contributed by atoms with van der Waals surface area (Å²) in [5.41, 5.74) is 2.10. The number of aryl methyl sites for hydroxylation is 1. The molecule has 0 radical (unpaired) electrons. The third-order valence-electron chi connectivity index (χ3n) is 3.23. The maximum atomic E-state index is 11.6. The largest absolute Gasteiger partial charge is 0.496 e. The smallest absolute Gasteiger partial charge is 0.318 e. The predicted molar refractivity (Wildman–Crippen MR) is 67.7 cm³/mol. The molecule has 0 spiro atoms. The average molecular weight is 250 g/mol. The van der Waals surface area contributed by atoms with Gasteiger partial charge in [-0.05, 0) is 24.1 Å². The number of nitrogens with one attached hydrogen (secondary N) is 1. The van der Waals surface area contributed by atoms with Crippen LogP contribution in [0.4, 0.5) is 4.79 Å². The number of hydrogen-bond acceptors (Lipinski definition) is 3. The molecule has 0 bridgehead atoms. The molecule has 1 aliphatic heterocycles. The minimum Gasteiger partial charge on any atom is -0.496 e. The Morgan fingerprint density at radius 2 is 2.33 bits per heavy atom. The average Bonchev–Trinajstić information content (AvgIpc) is 2.72. The molecule has 98 valence electrons. The zero-order chi connectivity index (χ0) is 13.1. The molecular weight excluding hydrogens is 232 g/mol. The molecule has 0 aromatic heterocycles. The van der Waals surface area contributed by atoms with Crippen LogP contribution in [0.2, 0.25) is 0 Å². The zero-order valence-corrected chi connectivity index (χ0v) is 10.6. The van der Waals surface area contributed by atoms with E-state index in [0.717, 1.165) is 16.9 Å². The standard InChI is InChI=1S/C13H18N2O3/c1-9-7-10(3-4-12(9)18-2)11-8-14-13(17)15(11)5-6-16/h3-4,7,11,16H,5-6,8H2,1-2H3,(H,14,17). The molecular formula is C13H18N2O3. The van der Waals surface area contributed by atoms with Crippen LogP contribution in [0.3, 0.4) is 0 Å². The van der Waals surface area contributed by atoms with Crippen LogP contribution in [0.15, 0.2) is 18.2 Å². The number of hydrogen-bond donors (Lipinski definition) is 2. The Morgan fingerprint density at radius 3 is 2.94 bits per heavy atom. The molecule has 2 amide bonds. The maximum Gasteiger partial charge on any atom is 0.318 e. The third-order valence-corrected chi connectivity index (χ3v) is 3.23. The van der Waals surface area contributed by atoms with Gasteiger partial charge in [-0.3, -0.25) is 0 Å². The number of rotatable bonds is 4. The number of carbonyl (C=O) groups excluding carboxylic acids is 1. The lowest BCUT2D eigenvalue weighted by Gasteiger charge is -2.23. The van der Waals surface area contributed by atoms with Gasteiger partial charge in [0.25, 0.3) is 0 Å². The summed E-state index contributed by atoms with van der Waals surface area (Å²) in [6, 6.07) is 5.75. The molecule has 2 rings (SSSR count). The molecule has 1 aliphatic rings. The molecule has 2 N–H and O–H groups in total. The molecule has 5 nitrogen and oxygen atoms in total. The first kappa shape index (κ1) is 12.7. The van der Waals surface area contributed by atoms with E-state index in [9.17, 15) is 4.79 Å². The quantitative estimate of drug-likeness (QED) is 0.840. The van der Waals surface area contributed by atoms with Crippen molar-refractivity contribution in [3.8, 4) is 5.75 Å². The molecule has 1 unspecified atom stereocenters. The second kappa shape index (κ2) is 5.27. The summed E-state index contributed by atoms with van der Waals surface area (Å²) in [6.07, 6.45) is 0. The Bertz CT molecular complexity index is 448. The Labute approximate surface area is 106 Å². The van der Waals surface area contributed by atoms with Crippen LogP contribution < -0.4 is 10.1 Å². The highest BCUT2D eigenvalue weighted by molar-refractivity contribution is 5.77. The fraction of sp³-hybridized carbons (Fsp3) is 0.462. The first-order valence-corrected chi connectivity index (χ1v) is 5.97. The van der Waals surface area contributed by atoms with E-state index in [0.29, 0.717) is 13.1 Å². The van der Waals surface area contributed by atoms with E-state index >= 15 is 0 Å². The van der Waals surface area contributed by atoms with Crippen LogP contribution >= 0.6 is 0 Å². The van der Waals surface area contributed by atoms with Gasteiger partial charge in [-0.2, -0.15) is 0 Å². The lowest BCUT2D eigenvalue weighted by molar-refractivity contribution is 0.179. The molecule has 1 atom stereocenters. The van der Waals surface area contributed by atoms with E-state index in [1.165, 1.54) is 0 Å². The molecule has 0 aliphatic carbocycles. The summed E-state index contributed by atoms with van der Waals surface area (Å²) in [6.45, 7) is 2.87. The summed E-state index contributed by atoms with van der Waals surface area (Å²) < 4.78 is 5.22. The number of nitrogens with zero attached hydrogens (tertiary/aromatic N) is 1. The molecule has 1 aromatic carbocycles. The van der Waals surface area contributed by atoms with Crippen molar-refractivity contribution in [3.63, 3.8) is 0 Å². The van der Waals surface area contributed by atoms with Crippen molar-refractivity contribution in [2.24, 2.45) is 0 Å². The lowest BCUT2D eigenvalue weighted by atomic mass is 10.0. The molecule has 1 fully saturated rings. The van der Waals surface area contributed by atoms with Crippen molar-refractivity contribution in [3.05, 3.63) is 29.3 Å². The van der Waals surface area contributed by atoms with Crippen molar-refractivity contribution in [1.29, 1.82) is 0 Å². The van der Waals surface area contributed by atoms with Crippen LogP contribution in [0, 0.1) is 6.92 Å². The van der Waals surface area contributed by atoms with Crippen LogP contribution in [0.5, 0.6) is 5.75 Å².